The standard InChI is InChI=1S/C16H14FNO3.C16H25N3/c17-14-7-12(11-4-2-1-3-5-11)6-13(8-14)15(16(20)21)9-18-10-19;1-2-11-19(12-3-1)13-5-7-15-9-8-14-6-4-10-17-16(14)18-15/h1-8,10,15H,9H2,(H,18,19)(H,20,21);8-9H,1-7,10-13H2,(H,17,18). The number of likely N-dealkylation sites (tertiary alicyclic amines) is 1. The number of nitrogens with one attached hydrogen (secondary N) is 2. The van der Waals surface area contributed by atoms with E-state index in [0.717, 1.165) is 24.3 Å². The third-order valence-corrected chi connectivity index (χ3v) is 7.44. The van der Waals surface area contributed by atoms with Crippen molar-refractivity contribution in [2.45, 2.75) is 50.9 Å². The van der Waals surface area contributed by atoms with Crippen molar-refractivity contribution in [3.05, 3.63) is 83.3 Å². The zero-order valence-corrected chi connectivity index (χ0v) is 22.9. The number of benzene rings is 2. The van der Waals surface area contributed by atoms with Crippen LogP contribution >= 0.6 is 0 Å². The van der Waals surface area contributed by atoms with E-state index in [9.17, 15) is 19.1 Å². The SMILES string of the molecule is O=CNCC(C(=O)O)c1cc(F)cc(-c2ccccc2)c1.c1cc2c(nc1CCCN1CCCCC1)NCCC2. The van der Waals surface area contributed by atoms with Gasteiger partial charge in [-0.2, -0.15) is 0 Å². The average Bonchev–Trinajstić information content (AvgIpc) is 2.98. The minimum Gasteiger partial charge on any atom is -0.481 e. The zero-order chi connectivity index (χ0) is 28.2. The summed E-state index contributed by atoms with van der Waals surface area (Å²) in [5, 5.41) is 15.0. The van der Waals surface area contributed by atoms with E-state index in [-0.39, 0.29) is 6.54 Å². The monoisotopic (exact) mass is 546 g/mol. The molecule has 1 amide bonds. The number of fused-ring (bicyclic) bond motifs is 1. The van der Waals surface area contributed by atoms with E-state index in [0.29, 0.717) is 17.5 Å². The third-order valence-electron chi connectivity index (χ3n) is 7.44. The number of amides is 1. The Bertz CT molecular complexity index is 1250. The molecule has 3 N–H and O–H groups in total. The van der Waals surface area contributed by atoms with Crippen molar-refractivity contribution in [2.24, 2.45) is 0 Å². The summed E-state index contributed by atoms with van der Waals surface area (Å²) < 4.78 is 13.8. The van der Waals surface area contributed by atoms with E-state index in [1.165, 1.54) is 81.5 Å². The Labute approximate surface area is 235 Å². The molecular weight excluding hydrogens is 507 g/mol. The van der Waals surface area contributed by atoms with Gasteiger partial charge in [0.25, 0.3) is 0 Å². The first-order valence-corrected chi connectivity index (χ1v) is 14.2. The number of carbonyl (C=O) groups is 2. The molecule has 0 spiro atoms. The molecule has 5 rings (SSSR count). The van der Waals surface area contributed by atoms with Crippen molar-refractivity contribution in [3.8, 4) is 11.1 Å². The molecule has 0 aliphatic carbocycles. The van der Waals surface area contributed by atoms with Gasteiger partial charge in [0.2, 0.25) is 6.41 Å². The highest BCUT2D eigenvalue weighted by atomic mass is 19.1. The van der Waals surface area contributed by atoms with Crippen molar-refractivity contribution < 1.29 is 19.1 Å². The number of carbonyl (C=O) groups excluding carboxylic acids is 1. The molecular formula is C32H39FN4O3. The Hall–Kier alpha value is -3.78. The summed E-state index contributed by atoms with van der Waals surface area (Å²) in [6, 6.07) is 17.8. The molecule has 7 nitrogen and oxygen atoms in total. The van der Waals surface area contributed by atoms with Crippen molar-refractivity contribution in [2.75, 3.05) is 38.0 Å². The van der Waals surface area contributed by atoms with Crippen LogP contribution in [-0.2, 0) is 22.4 Å². The lowest BCUT2D eigenvalue weighted by Gasteiger charge is -2.26. The molecule has 2 aliphatic heterocycles. The van der Waals surface area contributed by atoms with Crippen LogP contribution < -0.4 is 10.6 Å². The number of pyridine rings is 1. The second kappa shape index (κ2) is 15.1. The second-order valence-corrected chi connectivity index (χ2v) is 10.4. The number of aryl methyl sites for hydroxylation is 2. The van der Waals surface area contributed by atoms with Crippen molar-refractivity contribution in [1.29, 1.82) is 0 Å². The van der Waals surface area contributed by atoms with E-state index >= 15 is 0 Å². The van der Waals surface area contributed by atoms with Gasteiger partial charge < -0.3 is 20.6 Å². The molecule has 1 fully saturated rings. The van der Waals surface area contributed by atoms with Crippen LogP contribution in [0.15, 0.2) is 60.7 Å². The van der Waals surface area contributed by atoms with Crippen LogP contribution in [0, 0.1) is 5.82 Å². The van der Waals surface area contributed by atoms with Gasteiger partial charge >= 0.3 is 5.97 Å². The van der Waals surface area contributed by atoms with E-state index < -0.39 is 17.7 Å². The molecule has 2 aliphatic rings. The molecule has 3 aromatic rings. The van der Waals surface area contributed by atoms with Gasteiger partial charge in [-0.15, -0.1) is 0 Å². The maximum absolute atomic E-state index is 13.8. The highest BCUT2D eigenvalue weighted by molar-refractivity contribution is 5.78. The van der Waals surface area contributed by atoms with Crippen LogP contribution in [0.2, 0.25) is 0 Å². The summed E-state index contributed by atoms with van der Waals surface area (Å²) in [5.41, 5.74) is 4.36. The largest absolute Gasteiger partial charge is 0.481 e. The van der Waals surface area contributed by atoms with Crippen LogP contribution in [0.3, 0.4) is 0 Å². The molecule has 212 valence electrons. The van der Waals surface area contributed by atoms with Crippen molar-refractivity contribution in [1.82, 2.24) is 15.2 Å². The van der Waals surface area contributed by atoms with Gasteiger partial charge in [0.1, 0.15) is 11.6 Å². The zero-order valence-electron chi connectivity index (χ0n) is 22.9. The molecule has 0 bridgehead atoms. The number of hydrogen-bond acceptors (Lipinski definition) is 5. The predicted octanol–water partition coefficient (Wildman–Crippen LogP) is 5.27. The number of aliphatic carboxylic acids is 1. The number of carboxylic acids is 1. The number of hydrogen-bond donors (Lipinski definition) is 3. The normalized spacial score (nSPS) is 15.5. The first-order valence-electron chi connectivity index (χ1n) is 14.2. The average molecular weight is 547 g/mol. The molecule has 1 saturated heterocycles. The predicted molar refractivity (Wildman–Crippen MR) is 156 cm³/mol. The fraction of sp³-hybridized carbons (Fsp3) is 0.406. The van der Waals surface area contributed by atoms with Gasteiger partial charge in [-0.3, -0.25) is 9.59 Å². The number of carboxylic acid groups (broad SMARTS) is 1. The lowest BCUT2D eigenvalue weighted by molar-refractivity contribution is -0.138. The van der Waals surface area contributed by atoms with E-state index in [1.807, 2.05) is 30.3 Å². The molecule has 0 radical (unpaired) electrons. The summed E-state index contributed by atoms with van der Waals surface area (Å²) in [6.45, 7) is 4.85. The Morgan fingerprint density at radius 2 is 1.85 bits per heavy atom. The summed E-state index contributed by atoms with van der Waals surface area (Å²) in [7, 11) is 0. The number of nitrogens with zero attached hydrogens (tertiary/aromatic N) is 2. The first-order chi connectivity index (χ1) is 19.5. The number of halogens is 1. The molecule has 1 aromatic heterocycles. The van der Waals surface area contributed by atoms with Crippen LogP contribution in [-0.4, -0.2) is 60.1 Å². The molecule has 1 unspecified atom stereocenters. The Balaban J connectivity index is 0.000000186. The molecule has 0 saturated carbocycles. The number of aromatic nitrogens is 1. The van der Waals surface area contributed by atoms with Gasteiger partial charge in [0.15, 0.2) is 0 Å². The second-order valence-electron chi connectivity index (χ2n) is 10.4. The van der Waals surface area contributed by atoms with Crippen LogP contribution in [0.1, 0.15) is 54.8 Å². The summed E-state index contributed by atoms with van der Waals surface area (Å²) in [5.74, 6) is -1.48. The minimum absolute atomic E-state index is 0.0868. The highest BCUT2D eigenvalue weighted by Crippen LogP contribution is 2.26. The number of anilines is 1. The summed E-state index contributed by atoms with van der Waals surface area (Å²) in [6.07, 6.45) is 9.41. The fourth-order valence-electron chi connectivity index (χ4n) is 5.30. The Morgan fingerprint density at radius 1 is 1.05 bits per heavy atom. The van der Waals surface area contributed by atoms with Gasteiger partial charge in [-0.25, -0.2) is 9.37 Å². The van der Waals surface area contributed by atoms with Gasteiger partial charge in [-0.1, -0.05) is 48.9 Å². The smallest absolute Gasteiger partial charge is 0.312 e. The fourth-order valence-corrected chi connectivity index (χ4v) is 5.30. The van der Waals surface area contributed by atoms with Crippen LogP contribution in [0.5, 0.6) is 0 Å². The van der Waals surface area contributed by atoms with Crippen molar-refractivity contribution in [3.63, 3.8) is 0 Å². The third kappa shape index (κ3) is 8.61. The molecule has 1 atom stereocenters. The summed E-state index contributed by atoms with van der Waals surface area (Å²) >= 11 is 0. The minimum atomic E-state index is -1.12. The van der Waals surface area contributed by atoms with E-state index in [4.69, 9.17) is 4.98 Å². The lowest BCUT2D eigenvalue weighted by atomic mass is 9.94. The maximum Gasteiger partial charge on any atom is 0.312 e. The maximum atomic E-state index is 13.8. The quantitative estimate of drug-likeness (QED) is 0.300. The first kappa shape index (κ1) is 29.2. The molecule has 2 aromatic carbocycles. The van der Waals surface area contributed by atoms with Gasteiger partial charge in [0, 0.05) is 18.8 Å². The number of piperidine rings is 1. The lowest BCUT2D eigenvalue weighted by Crippen LogP contribution is -2.30. The molecule has 40 heavy (non-hydrogen) atoms. The van der Waals surface area contributed by atoms with E-state index in [2.05, 4.69) is 27.7 Å². The van der Waals surface area contributed by atoms with Crippen molar-refractivity contribution >= 4 is 18.2 Å². The molecule has 8 heteroatoms. The Morgan fingerprint density at radius 3 is 2.60 bits per heavy atom. The highest BCUT2D eigenvalue weighted by Gasteiger charge is 2.21. The van der Waals surface area contributed by atoms with Crippen LogP contribution in [0.25, 0.3) is 11.1 Å². The van der Waals surface area contributed by atoms with Gasteiger partial charge in [0.05, 0.1) is 5.92 Å². The topological polar surface area (TPSA) is 94.6 Å². The molecule has 3 heterocycles. The summed E-state index contributed by atoms with van der Waals surface area (Å²) in [4.78, 5) is 29.0. The number of rotatable bonds is 10. The van der Waals surface area contributed by atoms with Gasteiger partial charge in [-0.05, 0) is 98.6 Å². The van der Waals surface area contributed by atoms with Crippen LogP contribution in [0.4, 0.5) is 10.2 Å². The Kier molecular flexibility index (Phi) is 11.0. The van der Waals surface area contributed by atoms with E-state index in [1.54, 1.807) is 6.07 Å².